The van der Waals surface area contributed by atoms with Gasteiger partial charge in [0.25, 0.3) is 0 Å². The van der Waals surface area contributed by atoms with E-state index in [1.807, 2.05) is 0 Å². The predicted molar refractivity (Wildman–Crippen MR) is 62.3 cm³/mol. The maximum absolute atomic E-state index is 2.32. The molecule has 0 aliphatic rings. The summed E-state index contributed by atoms with van der Waals surface area (Å²) in [6.07, 6.45) is 0. The Morgan fingerprint density at radius 3 is 1.69 bits per heavy atom. The van der Waals surface area contributed by atoms with Gasteiger partial charge < -0.3 is 0 Å². The van der Waals surface area contributed by atoms with E-state index in [9.17, 15) is 0 Å². The third-order valence-electron chi connectivity index (χ3n) is 2.03. The lowest BCUT2D eigenvalue weighted by Crippen LogP contribution is -2.24. The molecule has 0 aromatic heterocycles. The van der Waals surface area contributed by atoms with Crippen LogP contribution in [0.25, 0.3) is 0 Å². The third-order valence-corrected chi connectivity index (χ3v) is 4.88. The predicted octanol–water partition coefficient (Wildman–Crippen LogP) is 3.48. The van der Waals surface area contributed by atoms with Crippen LogP contribution in [-0.4, -0.2) is 10.5 Å². The van der Waals surface area contributed by atoms with Gasteiger partial charge >= 0.3 is 0 Å². The van der Waals surface area contributed by atoms with Gasteiger partial charge in [0, 0.05) is 10.9 Å². The standard InChI is InChI=1S/C12H19S/c1-10(2)13(11(3)4)12-8-6-5-7-9-12/h5-11H,1-4H3/q+1. The lowest BCUT2D eigenvalue weighted by atomic mass is 10.4. The Morgan fingerprint density at radius 2 is 1.31 bits per heavy atom. The van der Waals surface area contributed by atoms with Gasteiger partial charge in [-0.1, -0.05) is 18.2 Å². The maximum Gasteiger partial charge on any atom is 0.155 e. The highest BCUT2D eigenvalue weighted by molar-refractivity contribution is 7.98. The molecule has 0 N–H and O–H groups in total. The van der Waals surface area contributed by atoms with Crippen molar-refractivity contribution in [1.82, 2.24) is 0 Å². The summed E-state index contributed by atoms with van der Waals surface area (Å²) < 4.78 is 0. The molecule has 72 valence electrons. The molecule has 0 unspecified atom stereocenters. The Labute approximate surface area is 84.7 Å². The van der Waals surface area contributed by atoms with Crippen LogP contribution >= 0.6 is 0 Å². The van der Waals surface area contributed by atoms with Gasteiger partial charge in [0.15, 0.2) is 4.90 Å². The first-order valence-electron chi connectivity index (χ1n) is 4.90. The molecule has 0 saturated heterocycles. The summed E-state index contributed by atoms with van der Waals surface area (Å²) in [5.74, 6) is 0. The molecule has 0 aliphatic carbocycles. The van der Waals surface area contributed by atoms with E-state index in [1.54, 1.807) is 0 Å². The fourth-order valence-electron chi connectivity index (χ4n) is 1.67. The molecule has 0 fully saturated rings. The molecule has 0 saturated carbocycles. The Morgan fingerprint density at radius 1 is 0.846 bits per heavy atom. The zero-order chi connectivity index (χ0) is 9.84. The molecule has 0 amide bonds. The number of hydrogen-bond donors (Lipinski definition) is 0. The van der Waals surface area contributed by atoms with Crippen LogP contribution < -0.4 is 0 Å². The zero-order valence-electron chi connectivity index (χ0n) is 8.95. The zero-order valence-corrected chi connectivity index (χ0v) is 9.77. The molecule has 0 atom stereocenters. The average Bonchev–Trinajstić information content (AvgIpc) is 2.04. The van der Waals surface area contributed by atoms with E-state index in [0.29, 0.717) is 10.9 Å². The average molecular weight is 195 g/mol. The Kier molecular flexibility index (Phi) is 3.86. The van der Waals surface area contributed by atoms with E-state index in [2.05, 4.69) is 58.0 Å². The van der Waals surface area contributed by atoms with Crippen molar-refractivity contribution in [3.05, 3.63) is 30.3 Å². The second kappa shape index (κ2) is 4.71. The van der Waals surface area contributed by atoms with Crippen LogP contribution in [0.3, 0.4) is 0 Å². The minimum Gasteiger partial charge on any atom is -0.0619 e. The number of rotatable bonds is 3. The minimum absolute atomic E-state index is 0.409. The van der Waals surface area contributed by atoms with Crippen molar-refractivity contribution in [3.63, 3.8) is 0 Å². The van der Waals surface area contributed by atoms with Gasteiger partial charge in [-0.05, 0) is 39.8 Å². The minimum atomic E-state index is 0.409. The fraction of sp³-hybridized carbons (Fsp3) is 0.500. The summed E-state index contributed by atoms with van der Waals surface area (Å²) in [4.78, 5) is 1.51. The first-order chi connectivity index (χ1) is 6.13. The van der Waals surface area contributed by atoms with Gasteiger partial charge in [-0.25, -0.2) is 0 Å². The van der Waals surface area contributed by atoms with Crippen molar-refractivity contribution in [1.29, 1.82) is 0 Å². The Bertz CT molecular complexity index is 231. The van der Waals surface area contributed by atoms with Crippen LogP contribution in [0, 0.1) is 0 Å². The molecular formula is C12H19S+. The lowest BCUT2D eigenvalue weighted by Gasteiger charge is -2.14. The van der Waals surface area contributed by atoms with Crippen molar-refractivity contribution in [2.75, 3.05) is 0 Å². The maximum atomic E-state index is 2.32. The molecule has 0 spiro atoms. The quantitative estimate of drug-likeness (QED) is 0.648. The van der Waals surface area contributed by atoms with E-state index in [0.717, 1.165) is 10.5 Å². The summed E-state index contributed by atoms with van der Waals surface area (Å²) in [6.45, 7) is 9.26. The van der Waals surface area contributed by atoms with Crippen molar-refractivity contribution in [3.8, 4) is 0 Å². The largest absolute Gasteiger partial charge is 0.155 e. The van der Waals surface area contributed by atoms with Gasteiger partial charge in [0.1, 0.15) is 10.5 Å². The monoisotopic (exact) mass is 195 g/mol. The number of hydrogen-bond acceptors (Lipinski definition) is 0. The van der Waals surface area contributed by atoms with Gasteiger partial charge in [0.2, 0.25) is 0 Å². The van der Waals surface area contributed by atoms with Crippen molar-refractivity contribution >= 4 is 10.9 Å². The van der Waals surface area contributed by atoms with Gasteiger partial charge in [-0.3, -0.25) is 0 Å². The molecule has 0 nitrogen and oxygen atoms in total. The molecule has 0 bridgehead atoms. The van der Waals surface area contributed by atoms with Crippen LogP contribution in [0.15, 0.2) is 35.2 Å². The first-order valence-corrected chi connectivity index (χ1v) is 6.25. The summed E-state index contributed by atoms with van der Waals surface area (Å²) in [6, 6.07) is 10.9. The summed E-state index contributed by atoms with van der Waals surface area (Å²) in [5.41, 5.74) is 0. The van der Waals surface area contributed by atoms with Crippen molar-refractivity contribution in [2.45, 2.75) is 43.1 Å². The van der Waals surface area contributed by atoms with E-state index >= 15 is 0 Å². The molecule has 0 radical (unpaired) electrons. The van der Waals surface area contributed by atoms with E-state index < -0.39 is 0 Å². The smallest absolute Gasteiger partial charge is 0.0619 e. The van der Waals surface area contributed by atoms with E-state index in [1.165, 1.54) is 4.90 Å². The normalized spacial score (nSPS) is 11.6. The van der Waals surface area contributed by atoms with E-state index in [-0.39, 0.29) is 0 Å². The van der Waals surface area contributed by atoms with Crippen LogP contribution in [0.1, 0.15) is 27.7 Å². The van der Waals surface area contributed by atoms with Gasteiger partial charge in [-0.15, -0.1) is 0 Å². The number of benzene rings is 1. The SMILES string of the molecule is CC(C)[S+](c1ccccc1)C(C)C. The fourth-order valence-corrected chi connectivity index (χ4v) is 4.32. The molecular weight excluding hydrogens is 176 g/mol. The second-order valence-electron chi connectivity index (χ2n) is 3.78. The topological polar surface area (TPSA) is 0 Å². The highest BCUT2D eigenvalue weighted by atomic mass is 32.2. The van der Waals surface area contributed by atoms with E-state index in [4.69, 9.17) is 0 Å². The van der Waals surface area contributed by atoms with Crippen molar-refractivity contribution < 1.29 is 0 Å². The van der Waals surface area contributed by atoms with Crippen LogP contribution in [0.4, 0.5) is 0 Å². The van der Waals surface area contributed by atoms with Crippen molar-refractivity contribution in [2.24, 2.45) is 0 Å². The van der Waals surface area contributed by atoms with Crippen LogP contribution in [0.5, 0.6) is 0 Å². The lowest BCUT2D eigenvalue weighted by molar-refractivity contribution is 1.01. The van der Waals surface area contributed by atoms with Gasteiger partial charge in [0.05, 0.1) is 0 Å². The van der Waals surface area contributed by atoms with Crippen LogP contribution in [0.2, 0.25) is 0 Å². The molecule has 13 heavy (non-hydrogen) atoms. The molecule has 0 heterocycles. The summed E-state index contributed by atoms with van der Waals surface area (Å²) in [5, 5.41) is 1.50. The molecule has 0 aliphatic heterocycles. The molecule has 1 heteroatoms. The molecule has 1 aromatic carbocycles. The second-order valence-corrected chi connectivity index (χ2v) is 6.88. The van der Waals surface area contributed by atoms with Crippen LogP contribution in [-0.2, 0) is 10.9 Å². The highest BCUT2D eigenvalue weighted by Gasteiger charge is 2.29. The summed E-state index contributed by atoms with van der Waals surface area (Å²) >= 11 is 0. The summed E-state index contributed by atoms with van der Waals surface area (Å²) in [7, 11) is 0.409. The van der Waals surface area contributed by atoms with Gasteiger partial charge in [-0.2, -0.15) is 0 Å². The first kappa shape index (κ1) is 10.6. The Hall–Kier alpha value is -0.430. The molecule has 1 rings (SSSR count). The third kappa shape index (κ3) is 2.77. The highest BCUT2D eigenvalue weighted by Crippen LogP contribution is 2.22. The Balaban J connectivity index is 2.89. The molecule has 1 aromatic rings.